The summed E-state index contributed by atoms with van der Waals surface area (Å²) in [5, 5.41) is 0. The Labute approximate surface area is 231 Å². The highest BCUT2D eigenvalue weighted by atomic mass is 14.3. The van der Waals surface area contributed by atoms with E-state index in [-0.39, 0.29) is 0 Å². The van der Waals surface area contributed by atoms with E-state index in [1.807, 2.05) is 0 Å². The quantitative estimate of drug-likeness (QED) is 0.244. The molecule has 0 heterocycles. The minimum absolute atomic E-state index is 1.31. The lowest BCUT2D eigenvalue weighted by atomic mass is 9.75. The number of hydrogen-bond acceptors (Lipinski definition) is 0. The van der Waals surface area contributed by atoms with Gasteiger partial charge in [0.15, 0.2) is 0 Å². The molecule has 0 aromatic heterocycles. The maximum atomic E-state index is 2.35. The normalized spacial score (nSPS) is 11.2. The molecular formula is C38H44. The standard InChI is InChI=1S/C38H44/c1-21-13-25(5)33(26(6)14-21)37(34-27(7)15-22(2)16-28(34)8)38(35-29(9)17-23(3)18-30(35)10)36-31(11)19-24(4)20-32(36)12/h13-20H,1-12H3. The Balaban J connectivity index is 2.40. The summed E-state index contributed by atoms with van der Waals surface area (Å²) in [5.41, 5.74) is 24.1. The monoisotopic (exact) mass is 500 g/mol. The fourth-order valence-corrected chi connectivity index (χ4v) is 7.05. The molecule has 4 rings (SSSR count). The van der Waals surface area contributed by atoms with Crippen LogP contribution in [0.2, 0.25) is 0 Å². The predicted octanol–water partition coefficient (Wildman–Crippen LogP) is 10.4. The SMILES string of the molecule is Cc1cc(C)c(C(=C(c2c(C)cc(C)cc2C)c2c(C)cc(C)cc2C)c2c(C)cc(C)cc2C)c(C)c1. The van der Waals surface area contributed by atoms with Crippen LogP contribution in [0.4, 0.5) is 0 Å². The van der Waals surface area contributed by atoms with Crippen molar-refractivity contribution >= 4 is 11.1 Å². The number of rotatable bonds is 4. The van der Waals surface area contributed by atoms with E-state index in [1.165, 1.54) is 100 Å². The van der Waals surface area contributed by atoms with Crippen molar-refractivity contribution in [1.82, 2.24) is 0 Å². The van der Waals surface area contributed by atoms with Crippen molar-refractivity contribution in [3.8, 4) is 0 Å². The summed E-state index contributed by atoms with van der Waals surface area (Å²) in [7, 11) is 0. The summed E-state index contributed by atoms with van der Waals surface area (Å²) < 4.78 is 0. The van der Waals surface area contributed by atoms with Gasteiger partial charge in [-0.15, -0.1) is 0 Å². The third-order valence-corrected chi connectivity index (χ3v) is 7.96. The second kappa shape index (κ2) is 10.4. The van der Waals surface area contributed by atoms with Crippen molar-refractivity contribution in [3.63, 3.8) is 0 Å². The molecule has 0 amide bonds. The topological polar surface area (TPSA) is 0 Å². The van der Waals surface area contributed by atoms with E-state index < -0.39 is 0 Å². The van der Waals surface area contributed by atoms with Gasteiger partial charge in [0.2, 0.25) is 0 Å². The summed E-state index contributed by atoms with van der Waals surface area (Å²) in [5.74, 6) is 0. The van der Waals surface area contributed by atoms with E-state index in [0.29, 0.717) is 0 Å². The van der Waals surface area contributed by atoms with Crippen LogP contribution < -0.4 is 0 Å². The van der Waals surface area contributed by atoms with Crippen LogP contribution in [0.5, 0.6) is 0 Å². The second-order valence-electron chi connectivity index (χ2n) is 11.8. The van der Waals surface area contributed by atoms with E-state index >= 15 is 0 Å². The minimum Gasteiger partial charge on any atom is -0.0557 e. The van der Waals surface area contributed by atoms with Gasteiger partial charge in [-0.1, -0.05) is 70.8 Å². The van der Waals surface area contributed by atoms with E-state index in [1.54, 1.807) is 0 Å². The van der Waals surface area contributed by atoms with Crippen LogP contribution >= 0.6 is 0 Å². The van der Waals surface area contributed by atoms with Gasteiger partial charge in [-0.3, -0.25) is 0 Å². The van der Waals surface area contributed by atoms with Gasteiger partial charge in [0.25, 0.3) is 0 Å². The maximum Gasteiger partial charge on any atom is -0.00157 e. The van der Waals surface area contributed by atoms with Crippen LogP contribution in [0.1, 0.15) is 89.0 Å². The van der Waals surface area contributed by atoms with Crippen molar-refractivity contribution in [2.24, 2.45) is 0 Å². The van der Waals surface area contributed by atoms with Crippen molar-refractivity contribution in [2.75, 3.05) is 0 Å². The van der Waals surface area contributed by atoms with Crippen molar-refractivity contribution < 1.29 is 0 Å². The van der Waals surface area contributed by atoms with E-state index in [0.717, 1.165) is 0 Å². The lowest BCUT2D eigenvalue weighted by molar-refractivity contribution is 1.23. The van der Waals surface area contributed by atoms with Crippen molar-refractivity contribution in [1.29, 1.82) is 0 Å². The number of aryl methyl sites for hydroxylation is 12. The third kappa shape index (κ3) is 5.02. The average Bonchev–Trinajstić information content (AvgIpc) is 2.74. The molecule has 0 nitrogen and oxygen atoms in total. The highest BCUT2D eigenvalue weighted by Gasteiger charge is 2.26. The molecule has 4 aromatic carbocycles. The molecule has 196 valence electrons. The molecule has 0 aliphatic heterocycles. The first-order valence-electron chi connectivity index (χ1n) is 13.9. The first-order chi connectivity index (χ1) is 17.8. The van der Waals surface area contributed by atoms with Gasteiger partial charge in [0.05, 0.1) is 0 Å². The Morgan fingerprint density at radius 2 is 0.395 bits per heavy atom. The summed E-state index contributed by atoms with van der Waals surface area (Å²) in [4.78, 5) is 0. The van der Waals surface area contributed by atoms with E-state index in [2.05, 4.69) is 132 Å². The van der Waals surface area contributed by atoms with Crippen LogP contribution in [0.25, 0.3) is 11.1 Å². The second-order valence-corrected chi connectivity index (χ2v) is 11.8. The fraction of sp³-hybridized carbons (Fsp3) is 0.316. The van der Waals surface area contributed by atoms with Crippen LogP contribution in [0, 0.1) is 83.1 Å². The molecule has 38 heavy (non-hydrogen) atoms. The largest absolute Gasteiger partial charge is 0.0557 e. The van der Waals surface area contributed by atoms with Crippen LogP contribution in [-0.2, 0) is 0 Å². The van der Waals surface area contributed by atoms with Gasteiger partial charge in [0.1, 0.15) is 0 Å². The van der Waals surface area contributed by atoms with Crippen LogP contribution in [0.3, 0.4) is 0 Å². The van der Waals surface area contributed by atoms with Crippen LogP contribution in [-0.4, -0.2) is 0 Å². The Hall–Kier alpha value is -3.38. The van der Waals surface area contributed by atoms with Gasteiger partial charge in [-0.05, 0) is 161 Å². The molecule has 4 aromatic rings. The van der Waals surface area contributed by atoms with Crippen LogP contribution in [0.15, 0.2) is 48.5 Å². The summed E-state index contributed by atoms with van der Waals surface area (Å²) in [6.07, 6.45) is 0. The predicted molar refractivity (Wildman–Crippen MR) is 168 cm³/mol. The zero-order valence-electron chi connectivity index (χ0n) is 25.6. The highest BCUT2D eigenvalue weighted by Crippen LogP contribution is 2.45. The molecule has 0 spiro atoms. The lowest BCUT2D eigenvalue weighted by Crippen LogP contribution is -2.09. The number of hydrogen-bond donors (Lipinski definition) is 0. The van der Waals surface area contributed by atoms with Crippen molar-refractivity contribution in [3.05, 3.63) is 138 Å². The Kier molecular flexibility index (Phi) is 7.57. The molecule has 0 unspecified atom stereocenters. The molecule has 0 atom stereocenters. The van der Waals surface area contributed by atoms with Gasteiger partial charge in [0, 0.05) is 0 Å². The van der Waals surface area contributed by atoms with Gasteiger partial charge in [-0.2, -0.15) is 0 Å². The summed E-state index contributed by atoms with van der Waals surface area (Å²) in [6.45, 7) is 27.1. The minimum atomic E-state index is 1.31. The van der Waals surface area contributed by atoms with E-state index in [9.17, 15) is 0 Å². The summed E-state index contributed by atoms with van der Waals surface area (Å²) >= 11 is 0. The lowest BCUT2D eigenvalue weighted by Gasteiger charge is -2.28. The fourth-order valence-electron chi connectivity index (χ4n) is 7.05. The molecule has 0 bridgehead atoms. The maximum absolute atomic E-state index is 2.35. The molecule has 0 aliphatic rings. The van der Waals surface area contributed by atoms with Gasteiger partial charge < -0.3 is 0 Å². The average molecular weight is 501 g/mol. The number of benzene rings is 4. The first kappa shape index (κ1) is 27.6. The first-order valence-corrected chi connectivity index (χ1v) is 13.9. The van der Waals surface area contributed by atoms with Gasteiger partial charge in [-0.25, -0.2) is 0 Å². The molecule has 0 fully saturated rings. The third-order valence-electron chi connectivity index (χ3n) is 7.96. The van der Waals surface area contributed by atoms with Gasteiger partial charge >= 0.3 is 0 Å². The Morgan fingerprint density at radius 1 is 0.263 bits per heavy atom. The van der Waals surface area contributed by atoms with Crippen molar-refractivity contribution in [2.45, 2.75) is 83.1 Å². The molecule has 0 radical (unpaired) electrons. The summed E-state index contributed by atoms with van der Waals surface area (Å²) in [6, 6.07) is 18.8. The molecule has 0 heteroatoms. The van der Waals surface area contributed by atoms with E-state index in [4.69, 9.17) is 0 Å². The zero-order valence-corrected chi connectivity index (χ0v) is 25.6. The smallest absolute Gasteiger partial charge is 0.00157 e. The Morgan fingerprint density at radius 3 is 0.526 bits per heavy atom. The molecular weight excluding hydrogens is 456 g/mol. The molecule has 0 N–H and O–H groups in total. The zero-order chi connectivity index (χ0) is 28.0. The Bertz CT molecular complexity index is 1270. The highest BCUT2D eigenvalue weighted by molar-refractivity contribution is 6.08. The molecule has 0 aliphatic carbocycles. The molecule has 0 saturated carbocycles. The molecule has 0 saturated heterocycles.